The van der Waals surface area contributed by atoms with Gasteiger partial charge in [-0.15, -0.1) is 4.68 Å². The molecule has 18 heavy (non-hydrogen) atoms. The zero-order valence-electron chi connectivity index (χ0n) is 10.8. The summed E-state index contributed by atoms with van der Waals surface area (Å²) in [5, 5.41) is 15.6. The van der Waals surface area contributed by atoms with E-state index < -0.39 is 6.08 Å². The maximum atomic E-state index is 11.4. The molecule has 0 spiro atoms. The molecule has 0 fully saturated rings. The first-order valence-corrected chi connectivity index (χ1v) is 5.64. The third-order valence-corrected chi connectivity index (χ3v) is 2.54. The quantitative estimate of drug-likeness (QED) is 0.410. The Kier molecular flexibility index (Phi) is 3.14. The number of fused-ring (bicyclic) bond motifs is 1. The predicted octanol–water partition coefficient (Wildman–Crippen LogP) is -0.445. The minimum atomic E-state index is -0.640. The summed E-state index contributed by atoms with van der Waals surface area (Å²) >= 11 is 0. The van der Waals surface area contributed by atoms with Crippen molar-refractivity contribution < 1.29 is 14.2 Å². The molecule has 0 aliphatic rings. The van der Waals surface area contributed by atoms with E-state index in [2.05, 4.69) is 15.1 Å². The van der Waals surface area contributed by atoms with Crippen LogP contribution in [0, 0.1) is 13.8 Å². The van der Waals surface area contributed by atoms with Crippen molar-refractivity contribution in [3.63, 3.8) is 0 Å². The van der Waals surface area contributed by atoms with E-state index in [4.69, 9.17) is 4.74 Å². The van der Waals surface area contributed by atoms with Gasteiger partial charge < -0.3 is 9.84 Å². The maximum Gasteiger partial charge on any atom is 0.421 e. The van der Waals surface area contributed by atoms with Crippen LogP contribution in [-0.4, -0.2) is 27.5 Å². The monoisotopic (exact) mass is 249 g/mol. The van der Waals surface area contributed by atoms with Crippen molar-refractivity contribution in [2.24, 2.45) is 12.0 Å². The molecule has 7 heteroatoms. The van der Waals surface area contributed by atoms with E-state index in [1.54, 1.807) is 29.3 Å². The minimum absolute atomic E-state index is 0.289. The normalized spacial score (nSPS) is 12.1. The number of aryl methyl sites for hydroxylation is 3. The predicted molar refractivity (Wildman–Crippen MR) is 62.4 cm³/mol. The van der Waals surface area contributed by atoms with Gasteiger partial charge in [0.05, 0.1) is 18.9 Å². The molecular formula is C11H15N5O2. The van der Waals surface area contributed by atoms with Crippen molar-refractivity contribution in [1.82, 2.24) is 14.8 Å². The number of hydrogen-bond acceptors (Lipinski definition) is 5. The SMILES string of the molecule is CCO/C([O-])=N/c1nn(C)c2c(C)ncc(C)[n+]12. The summed E-state index contributed by atoms with van der Waals surface area (Å²) in [5.74, 6) is 0.300. The molecule has 0 aliphatic carbocycles. The summed E-state index contributed by atoms with van der Waals surface area (Å²) in [5.41, 5.74) is 2.48. The Labute approximate surface area is 104 Å². The van der Waals surface area contributed by atoms with Crippen LogP contribution in [0.3, 0.4) is 0 Å². The van der Waals surface area contributed by atoms with Crippen molar-refractivity contribution in [3.8, 4) is 0 Å². The topological polar surface area (TPSA) is 79.5 Å². The fourth-order valence-corrected chi connectivity index (χ4v) is 1.80. The van der Waals surface area contributed by atoms with E-state index in [1.165, 1.54) is 0 Å². The Morgan fingerprint density at radius 1 is 1.56 bits per heavy atom. The van der Waals surface area contributed by atoms with Crippen molar-refractivity contribution in [1.29, 1.82) is 0 Å². The van der Waals surface area contributed by atoms with Gasteiger partial charge >= 0.3 is 5.95 Å². The Bertz CT molecular complexity index is 617. The summed E-state index contributed by atoms with van der Waals surface area (Å²) in [6, 6.07) is 0. The van der Waals surface area contributed by atoms with Gasteiger partial charge in [0.25, 0.3) is 5.65 Å². The average molecular weight is 249 g/mol. The van der Waals surface area contributed by atoms with Gasteiger partial charge in [0, 0.05) is 5.10 Å². The second kappa shape index (κ2) is 4.59. The molecule has 0 saturated carbocycles. The Balaban J connectivity index is 2.66. The highest BCUT2D eigenvalue weighted by Gasteiger charge is 2.20. The summed E-state index contributed by atoms with van der Waals surface area (Å²) in [4.78, 5) is 8.10. The number of hydrogen-bond donors (Lipinski definition) is 0. The molecule has 0 radical (unpaired) electrons. The lowest BCUT2D eigenvalue weighted by Crippen LogP contribution is -2.28. The van der Waals surface area contributed by atoms with Crippen LogP contribution in [0.4, 0.5) is 5.95 Å². The number of aromatic nitrogens is 4. The number of aliphatic imine (C=N–C) groups is 1. The van der Waals surface area contributed by atoms with Crippen molar-refractivity contribution in [3.05, 3.63) is 17.6 Å². The minimum Gasteiger partial charge on any atom is -0.591 e. The fourth-order valence-electron chi connectivity index (χ4n) is 1.80. The highest BCUT2D eigenvalue weighted by molar-refractivity contribution is 5.64. The number of nitrogens with zero attached hydrogens (tertiary/aromatic N) is 5. The smallest absolute Gasteiger partial charge is 0.421 e. The molecule has 0 saturated heterocycles. The average Bonchev–Trinajstić information content (AvgIpc) is 2.62. The van der Waals surface area contributed by atoms with Gasteiger partial charge in [0.15, 0.2) is 0 Å². The molecule has 0 atom stereocenters. The van der Waals surface area contributed by atoms with Gasteiger partial charge in [-0.25, -0.2) is 0 Å². The molecule has 0 aliphatic heterocycles. The largest absolute Gasteiger partial charge is 0.591 e. The van der Waals surface area contributed by atoms with Crippen LogP contribution < -0.4 is 9.51 Å². The van der Waals surface area contributed by atoms with Gasteiger partial charge in [-0.3, -0.25) is 4.98 Å². The highest BCUT2D eigenvalue weighted by Crippen LogP contribution is 2.09. The molecule has 0 unspecified atom stereocenters. The molecule has 2 heterocycles. The van der Waals surface area contributed by atoms with E-state index in [0.29, 0.717) is 5.95 Å². The molecule has 0 aromatic carbocycles. The van der Waals surface area contributed by atoms with E-state index in [0.717, 1.165) is 17.0 Å². The van der Waals surface area contributed by atoms with Crippen molar-refractivity contribution >= 4 is 17.7 Å². The van der Waals surface area contributed by atoms with Crippen LogP contribution in [0.1, 0.15) is 18.3 Å². The van der Waals surface area contributed by atoms with E-state index in [9.17, 15) is 5.11 Å². The van der Waals surface area contributed by atoms with Gasteiger partial charge in [-0.2, -0.15) is 4.40 Å². The lowest BCUT2D eigenvalue weighted by Gasteiger charge is -2.05. The van der Waals surface area contributed by atoms with Crippen LogP contribution in [-0.2, 0) is 11.8 Å². The van der Waals surface area contributed by atoms with Crippen molar-refractivity contribution in [2.45, 2.75) is 20.8 Å². The fraction of sp³-hybridized carbons (Fsp3) is 0.455. The van der Waals surface area contributed by atoms with Crippen LogP contribution in [0.5, 0.6) is 0 Å². The van der Waals surface area contributed by atoms with E-state index >= 15 is 0 Å². The Morgan fingerprint density at radius 2 is 2.28 bits per heavy atom. The maximum absolute atomic E-state index is 11.4. The zero-order valence-corrected chi connectivity index (χ0v) is 10.8. The zero-order chi connectivity index (χ0) is 13.3. The van der Waals surface area contributed by atoms with Gasteiger partial charge in [0.1, 0.15) is 5.69 Å². The summed E-state index contributed by atoms with van der Waals surface area (Å²) in [7, 11) is 1.79. The number of ether oxygens (including phenoxy) is 1. The van der Waals surface area contributed by atoms with E-state index in [-0.39, 0.29) is 6.61 Å². The highest BCUT2D eigenvalue weighted by atomic mass is 16.6. The molecule has 2 aromatic heterocycles. The molecule has 0 N–H and O–H groups in total. The molecule has 7 nitrogen and oxygen atoms in total. The summed E-state index contributed by atoms with van der Waals surface area (Å²) in [6.45, 7) is 5.78. The van der Waals surface area contributed by atoms with Gasteiger partial charge in [-0.1, -0.05) is 11.9 Å². The first-order valence-electron chi connectivity index (χ1n) is 5.64. The first kappa shape index (κ1) is 12.3. The molecule has 96 valence electrons. The third-order valence-electron chi connectivity index (χ3n) is 2.54. The standard InChI is InChI=1S/C11H15N5O2/c1-5-18-11(17)13-10-14-15(4)9-8(3)12-6-7(2)16(9)10/h6H,5H2,1-4H3. The van der Waals surface area contributed by atoms with Crippen molar-refractivity contribution in [2.75, 3.05) is 6.61 Å². The van der Waals surface area contributed by atoms with Crippen LogP contribution >= 0.6 is 0 Å². The molecule has 2 rings (SSSR count). The first-order chi connectivity index (χ1) is 8.54. The second-order valence-electron chi connectivity index (χ2n) is 3.88. The van der Waals surface area contributed by atoms with Gasteiger partial charge in [-0.05, 0) is 20.5 Å². The third kappa shape index (κ3) is 1.99. The van der Waals surface area contributed by atoms with Crippen LogP contribution in [0.2, 0.25) is 0 Å². The van der Waals surface area contributed by atoms with E-state index in [1.807, 2.05) is 13.8 Å². The van der Waals surface area contributed by atoms with Crippen LogP contribution in [0.25, 0.3) is 5.65 Å². The second-order valence-corrected chi connectivity index (χ2v) is 3.88. The molecule has 0 amide bonds. The summed E-state index contributed by atoms with van der Waals surface area (Å²) < 4.78 is 8.21. The lowest BCUT2D eigenvalue weighted by molar-refractivity contribution is -0.507. The number of rotatable bonds is 2. The Hall–Kier alpha value is -2.18. The summed E-state index contributed by atoms with van der Waals surface area (Å²) in [6.07, 6.45) is 1.08. The van der Waals surface area contributed by atoms with Crippen LogP contribution in [0.15, 0.2) is 11.2 Å². The lowest BCUT2D eigenvalue weighted by atomic mass is 10.4. The Morgan fingerprint density at radius 3 is 2.94 bits per heavy atom. The van der Waals surface area contributed by atoms with Gasteiger partial charge in [0.2, 0.25) is 6.08 Å². The molecule has 2 aromatic rings. The molecular weight excluding hydrogens is 234 g/mol. The molecule has 0 bridgehead atoms.